The highest BCUT2D eigenvalue weighted by molar-refractivity contribution is 5.28. The maximum atomic E-state index is 10.4. The molecule has 2 fully saturated rings. The van der Waals surface area contributed by atoms with Gasteiger partial charge in [0.05, 0.1) is 0 Å². The van der Waals surface area contributed by atoms with Gasteiger partial charge in [0.2, 0.25) is 0 Å². The number of nitrogens with zero attached hydrogens (tertiary/aromatic N) is 3. The minimum Gasteiger partial charge on any atom is -0.491 e. The lowest BCUT2D eigenvalue weighted by atomic mass is 9.94. The van der Waals surface area contributed by atoms with Crippen molar-refractivity contribution in [1.82, 2.24) is 14.7 Å². The van der Waals surface area contributed by atoms with Crippen molar-refractivity contribution in [1.29, 1.82) is 0 Å². The zero-order chi connectivity index (χ0) is 20.5. The van der Waals surface area contributed by atoms with Gasteiger partial charge < -0.3 is 19.6 Å². The molecule has 1 atom stereocenters. The van der Waals surface area contributed by atoms with E-state index in [-0.39, 0.29) is 0 Å². The second-order valence-electron chi connectivity index (χ2n) is 8.91. The first kappa shape index (κ1) is 22.5. The van der Waals surface area contributed by atoms with Gasteiger partial charge in [0.25, 0.3) is 0 Å². The summed E-state index contributed by atoms with van der Waals surface area (Å²) in [5.41, 5.74) is 1.29. The molecule has 29 heavy (non-hydrogen) atoms. The number of ether oxygens (including phenoxy) is 1. The van der Waals surface area contributed by atoms with Crippen molar-refractivity contribution < 1.29 is 9.84 Å². The van der Waals surface area contributed by atoms with Gasteiger partial charge in [-0.3, -0.25) is 4.90 Å². The first-order valence-electron chi connectivity index (χ1n) is 11.7. The number of aliphatic hydroxyl groups excluding tert-OH is 1. The molecule has 1 heterocycles. The summed E-state index contributed by atoms with van der Waals surface area (Å²) in [4.78, 5) is 7.40. The van der Waals surface area contributed by atoms with Crippen LogP contribution in [0.3, 0.4) is 0 Å². The molecule has 0 radical (unpaired) electrons. The lowest BCUT2D eigenvalue weighted by Gasteiger charge is -2.32. The van der Waals surface area contributed by atoms with E-state index in [1.165, 1.54) is 50.6 Å². The number of aliphatic hydroxyl groups is 1. The zero-order valence-electron chi connectivity index (χ0n) is 18.6. The van der Waals surface area contributed by atoms with Crippen LogP contribution in [0.15, 0.2) is 24.3 Å². The highest BCUT2D eigenvalue weighted by atomic mass is 16.5. The van der Waals surface area contributed by atoms with E-state index in [2.05, 4.69) is 46.9 Å². The molecule has 5 nitrogen and oxygen atoms in total. The Labute approximate surface area is 177 Å². The van der Waals surface area contributed by atoms with Crippen LogP contribution in [-0.2, 0) is 6.54 Å². The van der Waals surface area contributed by atoms with E-state index in [0.29, 0.717) is 19.2 Å². The van der Waals surface area contributed by atoms with Crippen molar-refractivity contribution in [2.24, 2.45) is 0 Å². The Hall–Kier alpha value is -1.14. The third-order valence-corrected chi connectivity index (χ3v) is 6.57. The molecular formula is C24H41N3O2. The summed E-state index contributed by atoms with van der Waals surface area (Å²) in [6.45, 7) is 10.1. The van der Waals surface area contributed by atoms with Crippen molar-refractivity contribution in [2.45, 2.75) is 64.1 Å². The standard InChI is InChI=1S/C24H41N3O2/c1-3-26-13-8-14-27(16-15-26)18-21-9-7-12-24(17-21)29-20-23(28)19-25(2)22-10-5-4-6-11-22/h7,9,12,17,22-23,28H,3-6,8,10-11,13-16,18-20H2,1-2H3/t23-/m0/s1. The van der Waals surface area contributed by atoms with Crippen LogP contribution < -0.4 is 4.74 Å². The molecule has 1 aromatic rings. The number of benzene rings is 1. The third-order valence-electron chi connectivity index (χ3n) is 6.57. The second kappa shape index (κ2) is 11.9. The first-order valence-corrected chi connectivity index (χ1v) is 11.7. The molecule has 0 bridgehead atoms. The quantitative estimate of drug-likeness (QED) is 0.685. The fraction of sp³-hybridized carbons (Fsp3) is 0.750. The van der Waals surface area contributed by atoms with E-state index < -0.39 is 6.10 Å². The van der Waals surface area contributed by atoms with E-state index in [0.717, 1.165) is 38.5 Å². The average Bonchev–Trinajstić information content (AvgIpc) is 2.98. The van der Waals surface area contributed by atoms with E-state index in [4.69, 9.17) is 4.74 Å². The summed E-state index contributed by atoms with van der Waals surface area (Å²) in [5.74, 6) is 0.867. The number of hydrogen-bond acceptors (Lipinski definition) is 5. The van der Waals surface area contributed by atoms with Crippen molar-refractivity contribution in [2.75, 3.05) is 52.9 Å². The van der Waals surface area contributed by atoms with Crippen LogP contribution >= 0.6 is 0 Å². The molecule has 0 aromatic heterocycles. The molecule has 0 spiro atoms. The lowest BCUT2D eigenvalue weighted by Crippen LogP contribution is -2.40. The van der Waals surface area contributed by atoms with Gasteiger partial charge >= 0.3 is 0 Å². The average molecular weight is 404 g/mol. The van der Waals surface area contributed by atoms with Crippen LogP contribution in [0.1, 0.15) is 51.0 Å². The van der Waals surface area contributed by atoms with E-state index >= 15 is 0 Å². The van der Waals surface area contributed by atoms with Gasteiger partial charge in [-0.15, -0.1) is 0 Å². The molecular weight excluding hydrogens is 362 g/mol. The lowest BCUT2D eigenvalue weighted by molar-refractivity contribution is 0.0561. The summed E-state index contributed by atoms with van der Waals surface area (Å²) in [6, 6.07) is 9.02. The topological polar surface area (TPSA) is 39.2 Å². The van der Waals surface area contributed by atoms with Gasteiger partial charge in [0.1, 0.15) is 18.5 Å². The predicted octanol–water partition coefficient (Wildman–Crippen LogP) is 3.22. The van der Waals surface area contributed by atoms with Crippen molar-refractivity contribution >= 4 is 0 Å². The molecule has 1 aliphatic heterocycles. The van der Waals surface area contributed by atoms with Gasteiger partial charge in [-0.2, -0.15) is 0 Å². The van der Waals surface area contributed by atoms with E-state index in [1.54, 1.807) is 0 Å². The van der Waals surface area contributed by atoms with E-state index in [1.807, 2.05) is 6.07 Å². The number of likely N-dealkylation sites (N-methyl/N-ethyl adjacent to an activating group) is 2. The maximum absolute atomic E-state index is 10.4. The summed E-state index contributed by atoms with van der Waals surface area (Å²) in [6.07, 6.45) is 7.32. The molecule has 1 N–H and O–H groups in total. The Morgan fingerprint density at radius 2 is 1.83 bits per heavy atom. The fourth-order valence-corrected chi connectivity index (χ4v) is 4.74. The molecule has 1 saturated heterocycles. The smallest absolute Gasteiger partial charge is 0.119 e. The van der Waals surface area contributed by atoms with Crippen LogP contribution in [0.25, 0.3) is 0 Å². The van der Waals surface area contributed by atoms with Crippen LogP contribution in [0.5, 0.6) is 5.75 Å². The first-order chi connectivity index (χ1) is 14.1. The molecule has 3 rings (SSSR count). The Morgan fingerprint density at radius 3 is 2.62 bits per heavy atom. The Balaban J connectivity index is 1.43. The third kappa shape index (κ3) is 7.56. The number of rotatable bonds is 9. The molecule has 1 saturated carbocycles. The van der Waals surface area contributed by atoms with Gasteiger partial charge in [0.15, 0.2) is 0 Å². The normalized spacial score (nSPS) is 21.2. The Bertz CT molecular complexity index is 591. The minimum absolute atomic E-state index is 0.357. The van der Waals surface area contributed by atoms with Gasteiger partial charge in [-0.05, 0) is 63.6 Å². The second-order valence-corrected chi connectivity index (χ2v) is 8.91. The highest BCUT2D eigenvalue weighted by Crippen LogP contribution is 2.22. The maximum Gasteiger partial charge on any atom is 0.119 e. The van der Waals surface area contributed by atoms with Crippen LogP contribution in [0.2, 0.25) is 0 Å². The summed E-state index contributed by atoms with van der Waals surface area (Å²) >= 11 is 0. The van der Waals surface area contributed by atoms with Crippen LogP contribution in [0, 0.1) is 0 Å². The molecule has 2 aliphatic rings. The van der Waals surface area contributed by atoms with Gasteiger partial charge in [0, 0.05) is 32.2 Å². The van der Waals surface area contributed by atoms with Crippen LogP contribution in [0.4, 0.5) is 0 Å². The van der Waals surface area contributed by atoms with Gasteiger partial charge in [-0.1, -0.05) is 38.3 Å². The van der Waals surface area contributed by atoms with Crippen molar-refractivity contribution in [3.8, 4) is 5.75 Å². The van der Waals surface area contributed by atoms with Crippen molar-refractivity contribution in [3.63, 3.8) is 0 Å². The monoisotopic (exact) mass is 403 g/mol. The largest absolute Gasteiger partial charge is 0.491 e. The predicted molar refractivity (Wildman–Crippen MR) is 119 cm³/mol. The molecule has 1 aliphatic carbocycles. The number of hydrogen-bond donors (Lipinski definition) is 1. The SMILES string of the molecule is CCN1CCCN(Cc2cccc(OC[C@@H](O)CN(C)C3CCCCC3)c2)CC1. The minimum atomic E-state index is -0.448. The Kier molecular flexibility index (Phi) is 9.25. The zero-order valence-corrected chi connectivity index (χ0v) is 18.6. The summed E-state index contributed by atoms with van der Waals surface area (Å²) in [7, 11) is 2.14. The molecule has 0 amide bonds. The van der Waals surface area contributed by atoms with Crippen LogP contribution in [-0.4, -0.2) is 84.9 Å². The molecule has 0 unspecified atom stereocenters. The summed E-state index contributed by atoms with van der Waals surface area (Å²) < 4.78 is 5.94. The van der Waals surface area contributed by atoms with Crippen molar-refractivity contribution in [3.05, 3.63) is 29.8 Å². The molecule has 164 valence electrons. The van der Waals surface area contributed by atoms with Gasteiger partial charge in [-0.25, -0.2) is 0 Å². The molecule has 5 heteroatoms. The highest BCUT2D eigenvalue weighted by Gasteiger charge is 2.20. The Morgan fingerprint density at radius 1 is 1.07 bits per heavy atom. The van der Waals surface area contributed by atoms with E-state index in [9.17, 15) is 5.11 Å². The fourth-order valence-electron chi connectivity index (χ4n) is 4.74. The molecule has 1 aromatic carbocycles. The summed E-state index contributed by atoms with van der Waals surface area (Å²) in [5, 5.41) is 10.4.